The Morgan fingerprint density at radius 3 is 2.39 bits per heavy atom. The largest absolute Gasteiger partial charge is 0.485 e. The smallest absolute Gasteiger partial charge is 0.255 e. The average Bonchev–Trinajstić information content (AvgIpc) is 2.73. The van der Waals surface area contributed by atoms with Crippen molar-refractivity contribution in [3.8, 4) is 16.9 Å². The Labute approximate surface area is 168 Å². The molecule has 6 nitrogen and oxygen atoms in total. The number of benzene rings is 2. The number of carbonyl (C=O) groups is 2. The molecule has 0 aliphatic rings. The summed E-state index contributed by atoms with van der Waals surface area (Å²) in [5, 5.41) is 2.50. The van der Waals surface area contributed by atoms with Crippen LogP contribution in [0, 0.1) is 0 Å². The highest BCUT2D eigenvalue weighted by Crippen LogP contribution is 2.27. The Morgan fingerprint density at radius 2 is 1.75 bits per heavy atom. The van der Waals surface area contributed by atoms with Crippen molar-refractivity contribution in [3.63, 3.8) is 0 Å². The summed E-state index contributed by atoms with van der Waals surface area (Å²) in [6, 6.07) is 16.1. The van der Waals surface area contributed by atoms with Gasteiger partial charge in [-0.15, -0.1) is 12.6 Å². The lowest BCUT2D eigenvalue weighted by Crippen LogP contribution is -2.12. The van der Waals surface area contributed by atoms with E-state index in [0.29, 0.717) is 23.5 Å². The van der Waals surface area contributed by atoms with E-state index in [2.05, 4.69) is 22.9 Å². The van der Waals surface area contributed by atoms with Crippen LogP contribution in [-0.4, -0.2) is 22.6 Å². The molecule has 142 valence electrons. The Hall–Kier alpha value is -3.16. The van der Waals surface area contributed by atoms with Gasteiger partial charge in [0, 0.05) is 30.2 Å². The SMILES string of the molecule is NCc1ccc(C(=O)Nc2ccncc2)cc1-c1ccc(OCC(=O)S)cc1. The van der Waals surface area contributed by atoms with E-state index >= 15 is 0 Å². The number of rotatable bonds is 7. The first kappa shape index (κ1) is 19.6. The van der Waals surface area contributed by atoms with Crippen LogP contribution in [0.4, 0.5) is 5.69 Å². The Bertz CT molecular complexity index is 976. The van der Waals surface area contributed by atoms with Gasteiger partial charge in [-0.05, 0) is 53.1 Å². The van der Waals surface area contributed by atoms with Gasteiger partial charge in [0.05, 0.1) is 0 Å². The minimum absolute atomic E-state index is 0.0961. The summed E-state index contributed by atoms with van der Waals surface area (Å²) in [7, 11) is 0. The van der Waals surface area contributed by atoms with E-state index < -0.39 is 0 Å². The van der Waals surface area contributed by atoms with Gasteiger partial charge >= 0.3 is 0 Å². The minimum atomic E-state index is -0.345. The van der Waals surface area contributed by atoms with Gasteiger partial charge in [-0.3, -0.25) is 14.6 Å². The molecule has 7 heteroatoms. The summed E-state index contributed by atoms with van der Waals surface area (Å²) < 4.78 is 5.32. The maximum atomic E-state index is 12.6. The molecule has 0 radical (unpaired) electrons. The highest BCUT2D eigenvalue weighted by molar-refractivity contribution is 7.96. The van der Waals surface area contributed by atoms with Crippen LogP contribution in [0.2, 0.25) is 0 Å². The third-order valence-electron chi connectivity index (χ3n) is 4.06. The third kappa shape index (κ3) is 4.97. The van der Waals surface area contributed by atoms with Gasteiger partial charge in [-0.25, -0.2) is 0 Å². The number of amides is 1. The van der Waals surface area contributed by atoms with Gasteiger partial charge in [0.25, 0.3) is 5.91 Å². The molecule has 0 fully saturated rings. The summed E-state index contributed by atoms with van der Waals surface area (Å²) >= 11 is 3.68. The molecule has 1 heterocycles. The first-order chi connectivity index (χ1) is 13.6. The van der Waals surface area contributed by atoms with Crippen molar-refractivity contribution in [1.82, 2.24) is 4.98 Å². The van der Waals surface area contributed by atoms with Gasteiger partial charge in [-0.1, -0.05) is 18.2 Å². The van der Waals surface area contributed by atoms with Gasteiger partial charge < -0.3 is 15.8 Å². The number of pyridine rings is 1. The predicted molar refractivity (Wildman–Crippen MR) is 111 cm³/mol. The summed E-state index contributed by atoms with van der Waals surface area (Å²) in [5.74, 6) is 0.343. The van der Waals surface area contributed by atoms with E-state index in [4.69, 9.17) is 10.5 Å². The maximum Gasteiger partial charge on any atom is 0.255 e. The second-order valence-corrected chi connectivity index (χ2v) is 6.47. The number of thiol groups is 1. The number of nitrogens with zero attached hydrogens (tertiary/aromatic N) is 1. The monoisotopic (exact) mass is 393 g/mol. The van der Waals surface area contributed by atoms with Gasteiger partial charge in [0.15, 0.2) is 6.61 Å². The number of nitrogens with two attached hydrogens (primary N) is 1. The van der Waals surface area contributed by atoms with Crippen LogP contribution in [0.25, 0.3) is 11.1 Å². The van der Waals surface area contributed by atoms with Gasteiger partial charge in [0.2, 0.25) is 5.12 Å². The fourth-order valence-corrected chi connectivity index (χ4v) is 2.74. The topological polar surface area (TPSA) is 94.3 Å². The second-order valence-electron chi connectivity index (χ2n) is 5.97. The number of nitrogens with one attached hydrogen (secondary N) is 1. The molecule has 0 unspecified atom stereocenters. The molecule has 2 aromatic carbocycles. The molecule has 1 amide bonds. The number of ether oxygens (including phenoxy) is 1. The van der Waals surface area contributed by atoms with E-state index in [9.17, 15) is 9.59 Å². The van der Waals surface area contributed by atoms with Crippen molar-refractivity contribution in [1.29, 1.82) is 0 Å². The number of aromatic nitrogens is 1. The molecule has 28 heavy (non-hydrogen) atoms. The fourth-order valence-electron chi connectivity index (χ4n) is 2.68. The fraction of sp³-hybridized carbons (Fsp3) is 0.0952. The van der Waals surface area contributed by atoms with Gasteiger partial charge in [0.1, 0.15) is 5.75 Å². The van der Waals surface area contributed by atoms with Crippen LogP contribution in [0.15, 0.2) is 67.0 Å². The quantitative estimate of drug-likeness (QED) is 0.536. The van der Waals surface area contributed by atoms with Crippen LogP contribution >= 0.6 is 12.6 Å². The van der Waals surface area contributed by atoms with Crippen molar-refractivity contribution in [2.75, 3.05) is 11.9 Å². The normalized spacial score (nSPS) is 10.4. The number of hydrogen-bond acceptors (Lipinski definition) is 5. The van der Waals surface area contributed by atoms with Crippen molar-refractivity contribution < 1.29 is 14.3 Å². The molecule has 3 rings (SSSR count). The number of carbonyl (C=O) groups excluding carboxylic acids is 2. The summed E-state index contributed by atoms with van der Waals surface area (Å²) in [5.41, 5.74) is 9.73. The standard InChI is InChI=1S/C21H19N3O3S/c22-12-16-2-1-15(21(26)24-17-7-9-23-10-8-17)11-19(16)14-3-5-18(6-4-14)27-13-20(25)28/h1-11H,12-13,22H2,(H,25,28)(H,23,24,26). The number of hydrogen-bond donors (Lipinski definition) is 3. The van der Waals surface area contributed by atoms with E-state index in [-0.39, 0.29) is 17.6 Å². The highest BCUT2D eigenvalue weighted by atomic mass is 32.1. The molecular formula is C21H19N3O3S. The summed E-state index contributed by atoms with van der Waals surface area (Å²) in [6.07, 6.45) is 3.23. The molecule has 3 aromatic rings. The summed E-state index contributed by atoms with van der Waals surface area (Å²) in [6.45, 7) is 0.245. The van der Waals surface area contributed by atoms with E-state index in [1.807, 2.05) is 24.3 Å². The van der Waals surface area contributed by atoms with Crippen molar-refractivity contribution >= 4 is 29.3 Å². The molecule has 0 atom stereocenters. The maximum absolute atomic E-state index is 12.6. The molecule has 3 N–H and O–H groups in total. The highest BCUT2D eigenvalue weighted by Gasteiger charge is 2.11. The number of anilines is 1. The molecule has 0 spiro atoms. The van der Waals surface area contributed by atoms with Crippen LogP contribution in [0.1, 0.15) is 15.9 Å². The third-order valence-corrected chi connectivity index (χ3v) is 4.19. The molecule has 0 saturated carbocycles. The molecule has 0 aliphatic carbocycles. The molecule has 0 saturated heterocycles. The Balaban J connectivity index is 1.84. The lowest BCUT2D eigenvalue weighted by Gasteiger charge is -2.12. The second kappa shape index (κ2) is 9.16. The molecule has 0 aliphatic heterocycles. The van der Waals surface area contributed by atoms with E-state index in [0.717, 1.165) is 16.7 Å². The van der Waals surface area contributed by atoms with Crippen LogP contribution < -0.4 is 15.8 Å². The predicted octanol–water partition coefficient (Wildman–Crippen LogP) is 3.29. The van der Waals surface area contributed by atoms with Gasteiger partial charge in [-0.2, -0.15) is 0 Å². The molecular weight excluding hydrogens is 374 g/mol. The van der Waals surface area contributed by atoms with Crippen LogP contribution in [0.3, 0.4) is 0 Å². The van der Waals surface area contributed by atoms with Crippen molar-refractivity contribution in [2.45, 2.75) is 6.54 Å². The first-order valence-corrected chi connectivity index (χ1v) is 9.01. The Morgan fingerprint density at radius 1 is 1.04 bits per heavy atom. The van der Waals surface area contributed by atoms with Crippen molar-refractivity contribution in [2.24, 2.45) is 5.73 Å². The van der Waals surface area contributed by atoms with E-state index in [1.54, 1.807) is 42.7 Å². The lowest BCUT2D eigenvalue weighted by molar-refractivity contribution is -0.112. The lowest BCUT2D eigenvalue weighted by atomic mass is 9.97. The van der Waals surface area contributed by atoms with E-state index in [1.165, 1.54) is 0 Å². The van der Waals surface area contributed by atoms with Crippen LogP contribution in [-0.2, 0) is 11.3 Å². The van der Waals surface area contributed by atoms with Crippen molar-refractivity contribution in [3.05, 3.63) is 78.1 Å². The first-order valence-electron chi connectivity index (χ1n) is 8.56. The minimum Gasteiger partial charge on any atom is -0.485 e. The van der Waals surface area contributed by atoms with Crippen LogP contribution in [0.5, 0.6) is 5.75 Å². The average molecular weight is 393 g/mol. The molecule has 0 bridgehead atoms. The summed E-state index contributed by atoms with van der Waals surface area (Å²) in [4.78, 5) is 27.4. The zero-order chi connectivity index (χ0) is 19.9. The zero-order valence-corrected chi connectivity index (χ0v) is 15.9. The Kier molecular flexibility index (Phi) is 6.41. The molecule has 1 aromatic heterocycles. The zero-order valence-electron chi connectivity index (χ0n) is 15.0.